The van der Waals surface area contributed by atoms with Gasteiger partial charge >= 0.3 is 12.3 Å². The van der Waals surface area contributed by atoms with Crippen LogP contribution in [0.15, 0.2) is 18.2 Å². The molecule has 2 rings (SSSR count). The second-order valence-corrected chi connectivity index (χ2v) is 6.18. The van der Waals surface area contributed by atoms with Crippen LogP contribution in [0, 0.1) is 0 Å². The van der Waals surface area contributed by atoms with Crippen LogP contribution in [0.3, 0.4) is 0 Å². The van der Waals surface area contributed by atoms with Crippen molar-refractivity contribution in [1.82, 2.24) is 5.32 Å². The summed E-state index contributed by atoms with van der Waals surface area (Å²) in [4.78, 5) is 11.8. The first-order valence-corrected chi connectivity index (χ1v) is 7.00. The minimum Gasteiger partial charge on any atom is -0.444 e. The number of alkyl halides is 3. The fourth-order valence-electron chi connectivity index (χ4n) is 2.43. The van der Waals surface area contributed by atoms with Crippen molar-refractivity contribution in [2.24, 2.45) is 0 Å². The zero-order valence-electron chi connectivity index (χ0n) is 12.7. The summed E-state index contributed by atoms with van der Waals surface area (Å²) in [6, 6.07) is 2.80. The third kappa shape index (κ3) is 3.91. The van der Waals surface area contributed by atoms with Crippen LogP contribution in [0.1, 0.15) is 37.9 Å². The van der Waals surface area contributed by atoms with Crippen molar-refractivity contribution in [3.05, 3.63) is 29.3 Å². The lowest BCUT2D eigenvalue weighted by Gasteiger charge is -2.30. The lowest BCUT2D eigenvalue weighted by atomic mass is 9.92. The Morgan fingerprint density at radius 1 is 1.32 bits per heavy atom. The van der Waals surface area contributed by atoms with Crippen LogP contribution in [-0.4, -0.2) is 24.4 Å². The summed E-state index contributed by atoms with van der Waals surface area (Å²) < 4.78 is 44.3. The van der Waals surface area contributed by atoms with Crippen LogP contribution in [0.4, 0.5) is 23.7 Å². The van der Waals surface area contributed by atoms with Crippen LogP contribution in [0.2, 0.25) is 0 Å². The molecule has 0 aromatic heterocycles. The Morgan fingerprint density at radius 2 is 2.00 bits per heavy atom. The van der Waals surface area contributed by atoms with Crippen molar-refractivity contribution in [3.63, 3.8) is 0 Å². The van der Waals surface area contributed by atoms with E-state index in [1.165, 1.54) is 12.1 Å². The first-order valence-electron chi connectivity index (χ1n) is 7.00. The van der Waals surface area contributed by atoms with Crippen LogP contribution in [0.25, 0.3) is 0 Å². The Balaban J connectivity index is 2.27. The highest BCUT2D eigenvalue weighted by atomic mass is 19.4. The van der Waals surface area contributed by atoms with Gasteiger partial charge in [0.1, 0.15) is 11.6 Å². The molecule has 0 bridgehead atoms. The van der Waals surface area contributed by atoms with Crippen LogP contribution in [-0.2, 0) is 11.2 Å². The molecule has 1 aromatic carbocycles. The van der Waals surface area contributed by atoms with Gasteiger partial charge in [0, 0.05) is 12.2 Å². The number of rotatable bonds is 1. The Morgan fingerprint density at radius 3 is 2.59 bits per heavy atom. The minimum absolute atomic E-state index is 0.146. The summed E-state index contributed by atoms with van der Waals surface area (Å²) in [6.07, 6.45) is -4.64. The molecule has 22 heavy (non-hydrogen) atoms. The van der Waals surface area contributed by atoms with E-state index in [0.29, 0.717) is 17.7 Å². The Bertz CT molecular complexity index is 565. The van der Waals surface area contributed by atoms with E-state index in [1.807, 2.05) is 0 Å². The molecule has 0 aliphatic carbocycles. The monoisotopic (exact) mass is 316 g/mol. The summed E-state index contributed by atoms with van der Waals surface area (Å²) in [5.41, 5.74) is 0.332. The first kappa shape index (κ1) is 16.6. The maximum atomic E-state index is 13.1. The van der Waals surface area contributed by atoms with Gasteiger partial charge in [-0.25, -0.2) is 4.79 Å². The zero-order chi connectivity index (χ0) is 16.5. The van der Waals surface area contributed by atoms with Gasteiger partial charge in [-0.2, -0.15) is 13.2 Å². The summed E-state index contributed by atoms with van der Waals surface area (Å²) >= 11 is 0. The average molecular weight is 316 g/mol. The number of anilines is 1. The molecule has 0 spiro atoms. The maximum Gasteiger partial charge on any atom is 0.412 e. The number of carbonyl (C=O) groups is 1. The van der Waals surface area contributed by atoms with Crippen molar-refractivity contribution in [2.45, 2.75) is 45.0 Å². The molecule has 0 saturated carbocycles. The predicted octanol–water partition coefficient (Wildman–Crippen LogP) is 3.78. The van der Waals surface area contributed by atoms with Gasteiger partial charge in [0.15, 0.2) is 0 Å². The van der Waals surface area contributed by atoms with E-state index in [4.69, 9.17) is 4.74 Å². The lowest BCUT2D eigenvalue weighted by Crippen LogP contribution is -2.39. The quantitative estimate of drug-likeness (QED) is 0.829. The summed E-state index contributed by atoms with van der Waals surface area (Å²) in [5.74, 6) is 0. The maximum absolute atomic E-state index is 13.1. The van der Waals surface area contributed by atoms with E-state index in [2.05, 4.69) is 10.6 Å². The second-order valence-electron chi connectivity index (χ2n) is 6.18. The normalized spacial score (nSPS) is 18.5. The Hall–Kier alpha value is -1.76. The molecular formula is C15H19F3N2O2. The van der Waals surface area contributed by atoms with Gasteiger partial charge in [-0.1, -0.05) is 12.1 Å². The van der Waals surface area contributed by atoms with E-state index in [1.54, 1.807) is 26.8 Å². The number of hydrogen-bond donors (Lipinski definition) is 2. The number of fused-ring (bicyclic) bond motifs is 1. The van der Waals surface area contributed by atoms with E-state index >= 15 is 0 Å². The number of nitrogens with one attached hydrogen (secondary N) is 2. The molecule has 0 saturated heterocycles. The van der Waals surface area contributed by atoms with E-state index in [9.17, 15) is 18.0 Å². The number of carbonyl (C=O) groups excluding carboxylic acids is 1. The van der Waals surface area contributed by atoms with Crippen LogP contribution < -0.4 is 10.6 Å². The number of benzene rings is 1. The van der Waals surface area contributed by atoms with Gasteiger partial charge < -0.3 is 10.1 Å². The molecule has 1 aliphatic heterocycles. The number of amides is 1. The Kier molecular flexibility index (Phi) is 4.37. The van der Waals surface area contributed by atoms with Crippen molar-refractivity contribution in [3.8, 4) is 0 Å². The third-order valence-corrected chi connectivity index (χ3v) is 3.21. The molecule has 0 unspecified atom stereocenters. The Labute approximate surface area is 127 Å². The largest absolute Gasteiger partial charge is 0.444 e. The molecule has 7 heteroatoms. The number of halogens is 3. The highest BCUT2D eigenvalue weighted by Crippen LogP contribution is 2.38. The van der Waals surface area contributed by atoms with Gasteiger partial charge in [0.2, 0.25) is 0 Å². The summed E-state index contributed by atoms with van der Waals surface area (Å²) in [7, 11) is 0. The van der Waals surface area contributed by atoms with Gasteiger partial charge in [-0.15, -0.1) is 0 Å². The van der Waals surface area contributed by atoms with Crippen LogP contribution in [0.5, 0.6) is 0 Å². The van der Waals surface area contributed by atoms with Crippen molar-refractivity contribution in [2.75, 3.05) is 11.9 Å². The van der Waals surface area contributed by atoms with E-state index < -0.39 is 23.9 Å². The highest BCUT2D eigenvalue weighted by Gasteiger charge is 2.43. The highest BCUT2D eigenvalue weighted by molar-refractivity contribution is 5.86. The number of ether oxygens (including phenoxy) is 1. The standard InChI is InChI=1S/C15H19F3N2O2/c1-14(2,3)22-13(21)20-11-6-4-5-10-9(11)7-8-19-12(10)15(16,17)18/h4-6,12,19H,7-8H2,1-3H3,(H,20,21)/t12-/m0/s1. The molecule has 4 nitrogen and oxygen atoms in total. The molecule has 1 aromatic rings. The fraction of sp³-hybridized carbons (Fsp3) is 0.533. The summed E-state index contributed by atoms with van der Waals surface area (Å²) in [5, 5.41) is 5.01. The molecule has 1 amide bonds. The van der Waals surface area contributed by atoms with Gasteiger partial charge in [-0.3, -0.25) is 5.32 Å². The second kappa shape index (κ2) is 5.79. The summed E-state index contributed by atoms with van der Waals surface area (Å²) in [6.45, 7) is 5.36. The molecule has 1 aliphatic rings. The zero-order valence-corrected chi connectivity index (χ0v) is 12.7. The van der Waals surface area contributed by atoms with Crippen LogP contribution >= 0.6 is 0 Å². The van der Waals surface area contributed by atoms with Crippen molar-refractivity contribution >= 4 is 11.8 Å². The van der Waals surface area contributed by atoms with Gasteiger partial charge in [0.05, 0.1) is 0 Å². The molecular weight excluding hydrogens is 297 g/mol. The predicted molar refractivity (Wildman–Crippen MR) is 76.8 cm³/mol. The molecule has 0 radical (unpaired) electrons. The molecule has 2 N–H and O–H groups in total. The lowest BCUT2D eigenvalue weighted by molar-refractivity contribution is -0.158. The smallest absolute Gasteiger partial charge is 0.412 e. The minimum atomic E-state index is -4.38. The van der Waals surface area contributed by atoms with E-state index in [-0.39, 0.29) is 12.1 Å². The van der Waals surface area contributed by atoms with E-state index in [0.717, 1.165) is 0 Å². The SMILES string of the molecule is CC(C)(C)OC(=O)Nc1cccc2c1CCN[C@@H]2C(F)(F)F. The van der Waals surface area contributed by atoms with Crippen molar-refractivity contribution in [1.29, 1.82) is 0 Å². The molecule has 122 valence electrons. The number of hydrogen-bond acceptors (Lipinski definition) is 3. The third-order valence-electron chi connectivity index (χ3n) is 3.21. The topological polar surface area (TPSA) is 50.4 Å². The fourth-order valence-corrected chi connectivity index (χ4v) is 2.43. The molecule has 0 fully saturated rings. The average Bonchev–Trinajstić information content (AvgIpc) is 2.35. The first-order chi connectivity index (χ1) is 10.1. The van der Waals surface area contributed by atoms with Gasteiger partial charge in [0.25, 0.3) is 0 Å². The van der Waals surface area contributed by atoms with Gasteiger partial charge in [-0.05, 0) is 44.4 Å². The molecule has 1 atom stereocenters. The molecule has 1 heterocycles. The van der Waals surface area contributed by atoms with Crippen molar-refractivity contribution < 1.29 is 22.7 Å².